The number of phenols is 1. The van der Waals surface area contributed by atoms with Gasteiger partial charge in [-0.15, -0.1) is 0 Å². The van der Waals surface area contributed by atoms with Crippen LogP contribution in [0.5, 0.6) is 5.75 Å². The molecular formula is C23H25N3O2. The molecule has 1 unspecified atom stereocenters. The van der Waals surface area contributed by atoms with E-state index in [9.17, 15) is 9.90 Å². The lowest BCUT2D eigenvalue weighted by Crippen LogP contribution is -2.37. The van der Waals surface area contributed by atoms with E-state index in [1.807, 2.05) is 55.5 Å². The Labute approximate surface area is 165 Å². The van der Waals surface area contributed by atoms with Crippen LogP contribution in [-0.2, 0) is 17.8 Å². The molecule has 28 heavy (non-hydrogen) atoms. The Morgan fingerprint density at radius 1 is 0.964 bits per heavy atom. The maximum Gasteiger partial charge on any atom is 0.241 e. The van der Waals surface area contributed by atoms with Crippen LogP contribution in [0.1, 0.15) is 16.7 Å². The molecule has 0 aliphatic heterocycles. The molecule has 0 fully saturated rings. The van der Waals surface area contributed by atoms with Gasteiger partial charge in [0.1, 0.15) is 5.75 Å². The van der Waals surface area contributed by atoms with E-state index in [-0.39, 0.29) is 11.7 Å². The zero-order chi connectivity index (χ0) is 19.9. The summed E-state index contributed by atoms with van der Waals surface area (Å²) in [7, 11) is 0. The molecule has 0 radical (unpaired) electrons. The molecule has 0 saturated carbocycles. The Morgan fingerprint density at radius 2 is 1.68 bits per heavy atom. The summed E-state index contributed by atoms with van der Waals surface area (Å²) < 4.78 is 0. The largest absolute Gasteiger partial charge is 0.508 e. The Hall–Kier alpha value is -3.31. The van der Waals surface area contributed by atoms with Crippen LogP contribution < -0.4 is 16.4 Å². The molecule has 144 valence electrons. The lowest BCUT2D eigenvalue weighted by atomic mass is 10.1. The van der Waals surface area contributed by atoms with Crippen molar-refractivity contribution in [1.82, 2.24) is 0 Å². The highest BCUT2D eigenvalue weighted by atomic mass is 16.3. The molecule has 0 aliphatic carbocycles. The first-order chi connectivity index (χ1) is 13.5. The number of nitrogens with one attached hydrogen (secondary N) is 2. The number of anilines is 2. The maximum atomic E-state index is 12.6. The number of rotatable bonds is 7. The zero-order valence-electron chi connectivity index (χ0n) is 15.9. The Balaban J connectivity index is 1.67. The lowest BCUT2D eigenvalue weighted by Gasteiger charge is -2.17. The number of hydrogen-bond acceptors (Lipinski definition) is 4. The highest BCUT2D eigenvalue weighted by molar-refractivity contribution is 5.97. The molecule has 3 rings (SSSR count). The fourth-order valence-corrected chi connectivity index (χ4v) is 2.91. The standard InChI is InChI=1S/C23H25N3O2/c1-16-7-12-21(25-15-18-5-3-2-4-6-18)22(13-16)26-23(28)20(24)14-17-8-10-19(27)11-9-17/h2-13,20,25,27H,14-15,24H2,1H3,(H,26,28). The summed E-state index contributed by atoms with van der Waals surface area (Å²) in [5.41, 5.74) is 10.8. The number of benzene rings is 3. The molecule has 5 N–H and O–H groups in total. The first-order valence-corrected chi connectivity index (χ1v) is 9.24. The second-order valence-electron chi connectivity index (χ2n) is 6.85. The van der Waals surface area contributed by atoms with Crippen molar-refractivity contribution in [2.24, 2.45) is 5.73 Å². The highest BCUT2D eigenvalue weighted by Crippen LogP contribution is 2.24. The van der Waals surface area contributed by atoms with Gasteiger partial charge in [-0.25, -0.2) is 0 Å². The molecule has 0 spiro atoms. The van der Waals surface area contributed by atoms with E-state index in [1.54, 1.807) is 24.3 Å². The normalized spacial score (nSPS) is 11.6. The fraction of sp³-hybridized carbons (Fsp3) is 0.174. The Kier molecular flexibility index (Phi) is 6.29. The zero-order valence-corrected chi connectivity index (χ0v) is 15.9. The monoisotopic (exact) mass is 375 g/mol. The second-order valence-corrected chi connectivity index (χ2v) is 6.85. The topological polar surface area (TPSA) is 87.4 Å². The van der Waals surface area contributed by atoms with E-state index in [0.717, 1.165) is 22.4 Å². The summed E-state index contributed by atoms with van der Waals surface area (Å²) in [4.78, 5) is 12.6. The van der Waals surface area contributed by atoms with Crippen LogP contribution in [0, 0.1) is 6.92 Å². The van der Waals surface area contributed by atoms with Gasteiger partial charge in [-0.2, -0.15) is 0 Å². The third-order valence-electron chi connectivity index (χ3n) is 4.49. The highest BCUT2D eigenvalue weighted by Gasteiger charge is 2.16. The first-order valence-electron chi connectivity index (χ1n) is 9.24. The minimum atomic E-state index is -0.688. The van der Waals surface area contributed by atoms with Crippen LogP contribution in [0.3, 0.4) is 0 Å². The smallest absolute Gasteiger partial charge is 0.241 e. The third kappa shape index (κ3) is 5.34. The molecule has 3 aromatic rings. The Morgan fingerprint density at radius 3 is 2.39 bits per heavy atom. The predicted octanol–water partition coefficient (Wildman–Crippen LogP) is 3.82. The van der Waals surface area contributed by atoms with E-state index in [4.69, 9.17) is 5.73 Å². The average Bonchev–Trinajstić information content (AvgIpc) is 2.70. The number of carbonyl (C=O) groups is 1. The second kappa shape index (κ2) is 9.06. The van der Waals surface area contributed by atoms with Crippen molar-refractivity contribution in [3.05, 3.63) is 89.5 Å². The minimum Gasteiger partial charge on any atom is -0.508 e. The molecule has 0 aromatic heterocycles. The number of nitrogens with two attached hydrogens (primary N) is 1. The van der Waals surface area contributed by atoms with Crippen molar-refractivity contribution >= 4 is 17.3 Å². The minimum absolute atomic E-state index is 0.190. The number of phenolic OH excluding ortho intramolecular Hbond substituents is 1. The van der Waals surface area contributed by atoms with E-state index in [2.05, 4.69) is 10.6 Å². The summed E-state index contributed by atoms with van der Waals surface area (Å²) in [5, 5.41) is 15.7. The van der Waals surface area contributed by atoms with Gasteiger partial charge in [0.05, 0.1) is 17.4 Å². The summed E-state index contributed by atoms with van der Waals surface area (Å²) in [6, 6.07) is 22.0. The van der Waals surface area contributed by atoms with Crippen LogP contribution in [-0.4, -0.2) is 17.1 Å². The van der Waals surface area contributed by atoms with Crippen LogP contribution in [0.2, 0.25) is 0 Å². The number of aryl methyl sites for hydroxylation is 1. The predicted molar refractivity (Wildman–Crippen MR) is 113 cm³/mol. The SMILES string of the molecule is Cc1ccc(NCc2ccccc2)c(NC(=O)C(N)Cc2ccc(O)cc2)c1. The third-order valence-corrected chi connectivity index (χ3v) is 4.49. The van der Waals surface area contributed by atoms with E-state index in [0.29, 0.717) is 18.7 Å². The molecule has 0 heterocycles. The first kappa shape index (κ1) is 19.5. The quantitative estimate of drug-likeness (QED) is 0.506. The van der Waals surface area contributed by atoms with Crippen molar-refractivity contribution in [3.63, 3.8) is 0 Å². The van der Waals surface area contributed by atoms with Gasteiger partial charge in [0.25, 0.3) is 0 Å². The van der Waals surface area contributed by atoms with Gasteiger partial charge in [0, 0.05) is 6.54 Å². The van der Waals surface area contributed by atoms with Crippen molar-refractivity contribution in [3.8, 4) is 5.75 Å². The van der Waals surface area contributed by atoms with Gasteiger partial charge < -0.3 is 21.5 Å². The number of amides is 1. The van der Waals surface area contributed by atoms with Gasteiger partial charge in [0.2, 0.25) is 5.91 Å². The molecule has 0 saturated heterocycles. The molecule has 1 atom stereocenters. The van der Waals surface area contributed by atoms with Gasteiger partial charge >= 0.3 is 0 Å². The van der Waals surface area contributed by atoms with Crippen LogP contribution in [0.15, 0.2) is 72.8 Å². The molecule has 0 aliphatic rings. The van der Waals surface area contributed by atoms with E-state index in [1.165, 1.54) is 0 Å². The maximum absolute atomic E-state index is 12.6. The van der Waals surface area contributed by atoms with Crippen LogP contribution >= 0.6 is 0 Å². The molecule has 1 amide bonds. The van der Waals surface area contributed by atoms with Crippen molar-refractivity contribution in [2.75, 3.05) is 10.6 Å². The number of hydrogen-bond donors (Lipinski definition) is 4. The summed E-state index contributed by atoms with van der Waals surface area (Å²) in [5.74, 6) is -0.0582. The van der Waals surface area contributed by atoms with Gasteiger partial charge in [0.15, 0.2) is 0 Å². The van der Waals surface area contributed by atoms with E-state index < -0.39 is 6.04 Å². The molecular weight excluding hydrogens is 350 g/mol. The average molecular weight is 375 g/mol. The summed E-state index contributed by atoms with van der Waals surface area (Å²) in [6.07, 6.45) is 0.394. The fourth-order valence-electron chi connectivity index (χ4n) is 2.91. The molecule has 5 nitrogen and oxygen atoms in total. The number of aromatic hydroxyl groups is 1. The summed E-state index contributed by atoms with van der Waals surface area (Å²) >= 11 is 0. The van der Waals surface area contributed by atoms with Crippen molar-refractivity contribution in [2.45, 2.75) is 25.9 Å². The van der Waals surface area contributed by atoms with Crippen molar-refractivity contribution < 1.29 is 9.90 Å². The van der Waals surface area contributed by atoms with Crippen molar-refractivity contribution in [1.29, 1.82) is 0 Å². The Bertz CT molecular complexity index is 924. The van der Waals surface area contributed by atoms with Gasteiger partial charge in [-0.05, 0) is 54.3 Å². The lowest BCUT2D eigenvalue weighted by molar-refractivity contribution is -0.117. The van der Waals surface area contributed by atoms with Crippen LogP contribution in [0.25, 0.3) is 0 Å². The molecule has 3 aromatic carbocycles. The van der Waals surface area contributed by atoms with Gasteiger partial charge in [-0.3, -0.25) is 4.79 Å². The summed E-state index contributed by atoms with van der Waals surface area (Å²) in [6.45, 7) is 2.64. The molecule has 5 heteroatoms. The van der Waals surface area contributed by atoms with Crippen LogP contribution in [0.4, 0.5) is 11.4 Å². The molecule has 0 bridgehead atoms. The number of carbonyl (C=O) groups excluding carboxylic acids is 1. The van der Waals surface area contributed by atoms with Gasteiger partial charge in [-0.1, -0.05) is 48.5 Å². The van der Waals surface area contributed by atoms with E-state index >= 15 is 0 Å².